The maximum atomic E-state index is 11.7. The fourth-order valence-corrected chi connectivity index (χ4v) is 2.75. The van der Waals surface area contributed by atoms with E-state index in [1.54, 1.807) is 31.2 Å². The van der Waals surface area contributed by atoms with E-state index in [9.17, 15) is 13.2 Å². The summed E-state index contributed by atoms with van der Waals surface area (Å²) in [6.07, 6.45) is 1.16. The Labute approximate surface area is 118 Å². The molecule has 1 amide bonds. The molecule has 0 spiro atoms. The van der Waals surface area contributed by atoms with Crippen LogP contribution in [0.25, 0.3) is 0 Å². The number of nitrogens with one attached hydrogen (secondary N) is 2. The zero-order valence-corrected chi connectivity index (χ0v) is 12.4. The van der Waals surface area contributed by atoms with Gasteiger partial charge in [-0.05, 0) is 19.1 Å². The van der Waals surface area contributed by atoms with Crippen LogP contribution in [0.2, 0.25) is 5.02 Å². The Morgan fingerprint density at radius 3 is 2.58 bits per heavy atom. The molecule has 0 saturated carbocycles. The molecule has 0 radical (unpaired) electrons. The summed E-state index contributed by atoms with van der Waals surface area (Å²) in [7, 11) is -3.05. The van der Waals surface area contributed by atoms with Gasteiger partial charge in [-0.2, -0.15) is 0 Å². The zero-order chi connectivity index (χ0) is 14.5. The number of halogens is 1. The second-order valence-electron chi connectivity index (χ2n) is 4.40. The van der Waals surface area contributed by atoms with Crippen LogP contribution < -0.4 is 10.6 Å². The van der Waals surface area contributed by atoms with Gasteiger partial charge in [-0.25, -0.2) is 8.42 Å². The van der Waals surface area contributed by atoms with Crippen LogP contribution in [0.4, 0.5) is 5.69 Å². The van der Waals surface area contributed by atoms with Gasteiger partial charge in [0, 0.05) is 12.3 Å². The van der Waals surface area contributed by atoms with E-state index in [2.05, 4.69) is 10.6 Å². The maximum absolute atomic E-state index is 11.7. The van der Waals surface area contributed by atoms with Crippen molar-refractivity contribution in [3.05, 3.63) is 29.3 Å². The van der Waals surface area contributed by atoms with Gasteiger partial charge < -0.3 is 10.6 Å². The molecular weight excluding hydrogens is 288 g/mol. The molecular formula is C12H17ClN2O3S. The molecule has 1 rings (SSSR count). The SMILES string of the molecule is CC(CS(C)(=O)=O)NCC(=O)Nc1ccccc1Cl. The number of hydrogen-bond donors (Lipinski definition) is 2. The molecule has 0 aliphatic carbocycles. The Morgan fingerprint density at radius 2 is 2.00 bits per heavy atom. The molecule has 1 unspecified atom stereocenters. The summed E-state index contributed by atoms with van der Waals surface area (Å²) in [5.41, 5.74) is 0.534. The summed E-state index contributed by atoms with van der Waals surface area (Å²) >= 11 is 5.90. The van der Waals surface area contributed by atoms with Gasteiger partial charge in [-0.15, -0.1) is 0 Å². The molecule has 0 fully saturated rings. The van der Waals surface area contributed by atoms with E-state index in [0.717, 1.165) is 6.26 Å². The molecule has 0 aliphatic rings. The number of sulfone groups is 1. The highest BCUT2D eigenvalue weighted by Gasteiger charge is 2.12. The average Bonchev–Trinajstić information content (AvgIpc) is 2.27. The highest BCUT2D eigenvalue weighted by molar-refractivity contribution is 7.90. The average molecular weight is 305 g/mol. The van der Waals surface area contributed by atoms with Gasteiger partial charge in [-0.1, -0.05) is 23.7 Å². The molecule has 5 nitrogen and oxygen atoms in total. The normalized spacial score (nSPS) is 13.0. The lowest BCUT2D eigenvalue weighted by atomic mass is 10.3. The quantitative estimate of drug-likeness (QED) is 0.831. The Bertz CT molecular complexity index is 546. The zero-order valence-electron chi connectivity index (χ0n) is 10.8. The molecule has 19 heavy (non-hydrogen) atoms. The first-order valence-electron chi connectivity index (χ1n) is 5.73. The molecule has 1 aromatic rings. The Balaban J connectivity index is 2.43. The van der Waals surface area contributed by atoms with Gasteiger partial charge in [0.05, 0.1) is 23.0 Å². The topological polar surface area (TPSA) is 75.3 Å². The summed E-state index contributed by atoms with van der Waals surface area (Å²) in [5.74, 6) is -0.278. The van der Waals surface area contributed by atoms with E-state index >= 15 is 0 Å². The van der Waals surface area contributed by atoms with Crippen LogP contribution >= 0.6 is 11.6 Å². The molecule has 0 aromatic heterocycles. The second-order valence-corrected chi connectivity index (χ2v) is 6.99. The van der Waals surface area contributed by atoms with Gasteiger partial charge in [0.25, 0.3) is 0 Å². The number of hydrogen-bond acceptors (Lipinski definition) is 4. The summed E-state index contributed by atoms with van der Waals surface area (Å²) in [6.45, 7) is 1.74. The largest absolute Gasteiger partial charge is 0.324 e. The fraction of sp³-hybridized carbons (Fsp3) is 0.417. The lowest BCUT2D eigenvalue weighted by Gasteiger charge is -2.13. The lowest BCUT2D eigenvalue weighted by Crippen LogP contribution is -2.38. The molecule has 7 heteroatoms. The van der Waals surface area contributed by atoms with Crippen molar-refractivity contribution >= 4 is 33.0 Å². The van der Waals surface area contributed by atoms with Gasteiger partial charge in [0.15, 0.2) is 0 Å². The monoisotopic (exact) mass is 304 g/mol. The number of anilines is 1. The van der Waals surface area contributed by atoms with Crippen LogP contribution in [0.3, 0.4) is 0 Å². The van der Waals surface area contributed by atoms with Gasteiger partial charge in [0.2, 0.25) is 5.91 Å². The second kappa shape index (κ2) is 6.88. The third-order valence-electron chi connectivity index (χ3n) is 2.31. The molecule has 1 aromatic carbocycles. The highest BCUT2D eigenvalue weighted by Crippen LogP contribution is 2.19. The van der Waals surface area contributed by atoms with Crippen LogP contribution in [0.15, 0.2) is 24.3 Å². The van der Waals surface area contributed by atoms with Crippen molar-refractivity contribution in [2.45, 2.75) is 13.0 Å². The highest BCUT2D eigenvalue weighted by atomic mass is 35.5. The molecule has 0 aliphatic heterocycles. The van der Waals surface area contributed by atoms with E-state index < -0.39 is 9.84 Å². The Morgan fingerprint density at radius 1 is 1.37 bits per heavy atom. The molecule has 106 valence electrons. The number of rotatable bonds is 6. The van der Waals surface area contributed by atoms with E-state index in [1.165, 1.54) is 0 Å². The summed E-state index contributed by atoms with van der Waals surface area (Å²) in [5, 5.41) is 5.95. The molecule has 1 atom stereocenters. The van der Waals surface area contributed by atoms with E-state index in [-0.39, 0.29) is 24.2 Å². The Kier molecular flexibility index (Phi) is 5.78. The standard InChI is InChI=1S/C12H17ClN2O3S/c1-9(8-19(2,17)18)14-7-12(16)15-11-6-4-3-5-10(11)13/h3-6,9,14H,7-8H2,1-2H3,(H,15,16). The van der Waals surface area contributed by atoms with Crippen molar-refractivity contribution in [3.63, 3.8) is 0 Å². The minimum atomic E-state index is -3.05. The maximum Gasteiger partial charge on any atom is 0.238 e. The van der Waals surface area contributed by atoms with E-state index in [0.29, 0.717) is 10.7 Å². The number of carbonyl (C=O) groups is 1. The summed E-state index contributed by atoms with van der Waals surface area (Å²) in [6, 6.07) is 6.62. The smallest absolute Gasteiger partial charge is 0.238 e. The number of amides is 1. The number of benzene rings is 1. The van der Waals surface area contributed by atoms with Gasteiger partial charge >= 0.3 is 0 Å². The van der Waals surface area contributed by atoms with Crippen LogP contribution in [-0.2, 0) is 14.6 Å². The molecule has 0 bridgehead atoms. The summed E-state index contributed by atoms with van der Waals surface area (Å²) < 4.78 is 22.1. The number of carbonyl (C=O) groups excluding carboxylic acids is 1. The van der Waals surface area contributed by atoms with Crippen molar-refractivity contribution < 1.29 is 13.2 Å². The van der Waals surface area contributed by atoms with Crippen molar-refractivity contribution in [3.8, 4) is 0 Å². The van der Waals surface area contributed by atoms with Gasteiger partial charge in [0.1, 0.15) is 9.84 Å². The third-order valence-corrected chi connectivity index (χ3v) is 3.75. The van der Waals surface area contributed by atoms with Crippen molar-refractivity contribution in [1.29, 1.82) is 0 Å². The molecule has 0 heterocycles. The third kappa shape index (κ3) is 6.56. The van der Waals surface area contributed by atoms with E-state index in [4.69, 9.17) is 11.6 Å². The predicted octanol–water partition coefficient (Wildman–Crippen LogP) is 1.30. The predicted molar refractivity (Wildman–Crippen MR) is 77.3 cm³/mol. The first-order valence-corrected chi connectivity index (χ1v) is 8.17. The van der Waals surface area contributed by atoms with Crippen molar-refractivity contribution in [1.82, 2.24) is 5.32 Å². The first-order chi connectivity index (χ1) is 8.78. The fourth-order valence-electron chi connectivity index (χ4n) is 1.54. The molecule has 2 N–H and O–H groups in total. The van der Waals surface area contributed by atoms with Crippen LogP contribution in [0, 0.1) is 0 Å². The van der Waals surface area contributed by atoms with Crippen LogP contribution in [0.5, 0.6) is 0 Å². The minimum absolute atomic E-state index is 0.00757. The molecule has 0 saturated heterocycles. The van der Waals surface area contributed by atoms with Crippen molar-refractivity contribution in [2.24, 2.45) is 0 Å². The minimum Gasteiger partial charge on any atom is -0.324 e. The van der Waals surface area contributed by atoms with Crippen LogP contribution in [-0.4, -0.2) is 38.9 Å². The first kappa shape index (κ1) is 15.9. The summed E-state index contributed by atoms with van der Waals surface area (Å²) in [4.78, 5) is 11.7. The van der Waals surface area contributed by atoms with Crippen LogP contribution in [0.1, 0.15) is 6.92 Å². The number of para-hydroxylation sites is 1. The van der Waals surface area contributed by atoms with E-state index in [1.807, 2.05) is 0 Å². The van der Waals surface area contributed by atoms with Crippen molar-refractivity contribution in [2.75, 3.05) is 23.9 Å². The lowest BCUT2D eigenvalue weighted by molar-refractivity contribution is -0.115. The Hall–Kier alpha value is -1.11. The van der Waals surface area contributed by atoms with Gasteiger partial charge in [-0.3, -0.25) is 4.79 Å².